The molecule has 1 heterocycles. The van der Waals surface area contributed by atoms with Crippen molar-refractivity contribution in [1.29, 1.82) is 0 Å². The molecule has 1 aliphatic rings. The van der Waals surface area contributed by atoms with Gasteiger partial charge in [0.05, 0.1) is 6.10 Å². The minimum atomic E-state index is -3.84. The van der Waals surface area contributed by atoms with E-state index in [9.17, 15) is 18.3 Å². The van der Waals surface area contributed by atoms with E-state index in [1.165, 1.54) is 5.38 Å². The summed E-state index contributed by atoms with van der Waals surface area (Å²) in [6, 6.07) is 0. The number of carboxylic acid groups (broad SMARTS) is 1. The molecule has 2 unspecified atom stereocenters. The first-order chi connectivity index (χ1) is 9.81. The zero-order valence-electron chi connectivity index (χ0n) is 11.7. The fourth-order valence-corrected chi connectivity index (χ4v) is 5.41. The van der Waals surface area contributed by atoms with Crippen molar-refractivity contribution in [3.63, 3.8) is 0 Å². The SMILES string of the molecule is Cc1csc(C(=O)O)c1S(=O)(=O)NCC1CCCC(O)C1. The van der Waals surface area contributed by atoms with E-state index >= 15 is 0 Å². The number of aryl methyl sites for hydroxylation is 1. The molecule has 0 bridgehead atoms. The molecule has 1 fully saturated rings. The van der Waals surface area contributed by atoms with Crippen molar-refractivity contribution >= 4 is 27.3 Å². The van der Waals surface area contributed by atoms with Crippen molar-refractivity contribution in [3.05, 3.63) is 15.8 Å². The summed E-state index contributed by atoms with van der Waals surface area (Å²) in [4.78, 5) is 10.8. The molecule has 118 valence electrons. The summed E-state index contributed by atoms with van der Waals surface area (Å²) < 4.78 is 27.2. The van der Waals surface area contributed by atoms with E-state index in [0.717, 1.165) is 30.6 Å². The highest BCUT2D eigenvalue weighted by atomic mass is 32.2. The standard InChI is InChI=1S/C13H19NO5S2/c1-8-7-20-11(13(16)17)12(8)21(18,19)14-6-9-3-2-4-10(15)5-9/h7,9-10,14-15H,2-6H2,1H3,(H,16,17). The van der Waals surface area contributed by atoms with Crippen molar-refractivity contribution in [1.82, 2.24) is 4.72 Å². The van der Waals surface area contributed by atoms with E-state index in [1.807, 2.05) is 0 Å². The van der Waals surface area contributed by atoms with Gasteiger partial charge >= 0.3 is 5.97 Å². The first-order valence-corrected chi connectivity index (χ1v) is 9.16. The van der Waals surface area contributed by atoms with E-state index in [4.69, 9.17) is 5.11 Å². The summed E-state index contributed by atoms with van der Waals surface area (Å²) in [5.74, 6) is -1.14. The predicted molar refractivity (Wildman–Crippen MR) is 79.2 cm³/mol. The van der Waals surface area contributed by atoms with E-state index in [2.05, 4.69) is 4.72 Å². The van der Waals surface area contributed by atoms with Crippen molar-refractivity contribution < 1.29 is 23.4 Å². The molecule has 6 nitrogen and oxygen atoms in total. The highest BCUT2D eigenvalue weighted by molar-refractivity contribution is 7.89. The molecule has 0 radical (unpaired) electrons. The maximum absolute atomic E-state index is 12.3. The Morgan fingerprint density at radius 1 is 1.48 bits per heavy atom. The van der Waals surface area contributed by atoms with Crippen LogP contribution in [0.15, 0.2) is 10.3 Å². The maximum Gasteiger partial charge on any atom is 0.347 e. The number of aliphatic hydroxyl groups excluding tert-OH is 1. The number of hydrogen-bond acceptors (Lipinski definition) is 5. The van der Waals surface area contributed by atoms with E-state index in [0.29, 0.717) is 12.0 Å². The third-order valence-electron chi connectivity index (χ3n) is 3.70. The Balaban J connectivity index is 2.12. The van der Waals surface area contributed by atoms with Crippen molar-refractivity contribution in [3.8, 4) is 0 Å². The molecule has 21 heavy (non-hydrogen) atoms. The van der Waals surface area contributed by atoms with Crippen LogP contribution in [0.25, 0.3) is 0 Å². The second kappa shape index (κ2) is 6.43. The summed E-state index contributed by atoms with van der Waals surface area (Å²) in [5, 5.41) is 20.2. The van der Waals surface area contributed by atoms with Gasteiger partial charge in [0.25, 0.3) is 0 Å². The average molecular weight is 333 g/mol. The third kappa shape index (κ3) is 3.82. The Labute approximate surface area is 127 Å². The van der Waals surface area contributed by atoms with Crippen LogP contribution in [0.4, 0.5) is 0 Å². The molecule has 0 aliphatic heterocycles. The lowest BCUT2D eigenvalue weighted by Gasteiger charge is -2.25. The molecule has 8 heteroatoms. The zero-order chi connectivity index (χ0) is 15.6. The van der Waals surface area contributed by atoms with Gasteiger partial charge in [0, 0.05) is 6.54 Å². The summed E-state index contributed by atoms with van der Waals surface area (Å²) in [6.07, 6.45) is 2.72. The van der Waals surface area contributed by atoms with Gasteiger partial charge in [0.2, 0.25) is 10.0 Å². The first kappa shape index (κ1) is 16.4. The van der Waals surface area contributed by atoms with Crippen LogP contribution < -0.4 is 4.72 Å². The molecule has 3 N–H and O–H groups in total. The topological polar surface area (TPSA) is 104 Å². The molecule has 1 aliphatic carbocycles. The summed E-state index contributed by atoms with van der Waals surface area (Å²) in [7, 11) is -3.84. The highest BCUT2D eigenvalue weighted by Crippen LogP contribution is 2.28. The number of aromatic carboxylic acids is 1. The van der Waals surface area contributed by atoms with Gasteiger partial charge < -0.3 is 10.2 Å². The van der Waals surface area contributed by atoms with Crippen LogP contribution in [0, 0.1) is 12.8 Å². The number of sulfonamides is 1. The van der Waals surface area contributed by atoms with Crippen LogP contribution in [0.1, 0.15) is 40.9 Å². The Morgan fingerprint density at radius 2 is 2.19 bits per heavy atom. The number of carbonyl (C=O) groups is 1. The zero-order valence-corrected chi connectivity index (χ0v) is 13.3. The van der Waals surface area contributed by atoms with Crippen LogP contribution in [0.2, 0.25) is 0 Å². The number of rotatable bonds is 5. The van der Waals surface area contributed by atoms with Gasteiger partial charge in [0.15, 0.2) is 0 Å². The molecule has 1 aromatic heterocycles. The molecule has 0 spiro atoms. The molecular formula is C13H19NO5S2. The Kier molecular flexibility index (Phi) is 5.03. The number of hydrogen-bond donors (Lipinski definition) is 3. The van der Waals surface area contributed by atoms with E-state index in [1.54, 1.807) is 6.92 Å². The molecule has 0 aromatic carbocycles. The largest absolute Gasteiger partial charge is 0.477 e. The lowest BCUT2D eigenvalue weighted by molar-refractivity contribution is 0.0698. The van der Waals surface area contributed by atoms with Crippen molar-refractivity contribution in [2.24, 2.45) is 5.92 Å². The summed E-state index contributed by atoms with van der Waals surface area (Å²) in [5.41, 5.74) is 0.438. The molecule has 0 amide bonds. The van der Waals surface area contributed by atoms with Crippen LogP contribution in [-0.2, 0) is 10.0 Å². The Morgan fingerprint density at radius 3 is 2.81 bits per heavy atom. The lowest BCUT2D eigenvalue weighted by atomic mass is 9.87. The average Bonchev–Trinajstić information content (AvgIpc) is 2.80. The smallest absolute Gasteiger partial charge is 0.347 e. The minimum absolute atomic E-state index is 0.0933. The Hall–Kier alpha value is -0.960. The van der Waals surface area contributed by atoms with Gasteiger partial charge in [-0.15, -0.1) is 11.3 Å². The summed E-state index contributed by atoms with van der Waals surface area (Å²) in [6.45, 7) is 1.82. The quantitative estimate of drug-likeness (QED) is 0.759. The Bertz CT molecular complexity index is 623. The van der Waals surface area contributed by atoms with Gasteiger partial charge in [-0.3, -0.25) is 0 Å². The van der Waals surface area contributed by atoms with Crippen molar-refractivity contribution in [2.75, 3.05) is 6.54 Å². The number of carboxylic acids is 1. The monoisotopic (exact) mass is 333 g/mol. The number of thiophene rings is 1. The minimum Gasteiger partial charge on any atom is -0.477 e. The van der Waals surface area contributed by atoms with Crippen LogP contribution >= 0.6 is 11.3 Å². The maximum atomic E-state index is 12.3. The molecule has 1 saturated carbocycles. The highest BCUT2D eigenvalue weighted by Gasteiger charge is 2.28. The van der Waals surface area contributed by atoms with Crippen molar-refractivity contribution in [2.45, 2.75) is 43.6 Å². The molecule has 2 atom stereocenters. The first-order valence-electron chi connectivity index (χ1n) is 6.80. The number of nitrogens with one attached hydrogen (secondary N) is 1. The normalized spacial score (nSPS) is 23.1. The van der Waals surface area contributed by atoms with Crippen LogP contribution in [0.5, 0.6) is 0 Å². The second-order valence-electron chi connectivity index (χ2n) is 5.42. The van der Waals surface area contributed by atoms with Gasteiger partial charge in [-0.05, 0) is 43.0 Å². The number of aliphatic hydroxyl groups is 1. The summed E-state index contributed by atoms with van der Waals surface area (Å²) >= 11 is 0.914. The molecule has 2 rings (SSSR count). The van der Waals surface area contributed by atoms with E-state index in [-0.39, 0.29) is 28.3 Å². The second-order valence-corrected chi connectivity index (χ2v) is 8.00. The van der Waals surface area contributed by atoms with Gasteiger partial charge in [-0.2, -0.15) is 0 Å². The van der Waals surface area contributed by atoms with Crippen LogP contribution in [0.3, 0.4) is 0 Å². The van der Waals surface area contributed by atoms with Gasteiger partial charge in [0.1, 0.15) is 9.77 Å². The lowest BCUT2D eigenvalue weighted by Crippen LogP contribution is -2.33. The van der Waals surface area contributed by atoms with E-state index < -0.39 is 16.0 Å². The molecule has 0 saturated heterocycles. The third-order valence-corrected chi connectivity index (χ3v) is 6.52. The van der Waals surface area contributed by atoms with Gasteiger partial charge in [-0.25, -0.2) is 17.9 Å². The predicted octanol–water partition coefficient (Wildman–Crippen LogP) is 1.58. The fourth-order valence-electron chi connectivity index (χ4n) is 2.66. The molecular weight excluding hydrogens is 314 g/mol. The van der Waals surface area contributed by atoms with Crippen LogP contribution in [-0.4, -0.2) is 37.2 Å². The van der Waals surface area contributed by atoms with Gasteiger partial charge in [-0.1, -0.05) is 6.42 Å². The fraction of sp³-hybridized carbons (Fsp3) is 0.615. The molecule has 1 aromatic rings.